The molecule has 1 aliphatic heterocycles. The SMILES string of the molecule is Clc1ccc2c(c1)C1(CCC2)CC1CCC1CCNCC1. The maximum atomic E-state index is 6.27. The van der Waals surface area contributed by atoms with Crippen molar-refractivity contribution in [1.82, 2.24) is 5.32 Å². The van der Waals surface area contributed by atoms with Crippen LogP contribution in [0.15, 0.2) is 18.2 Å². The summed E-state index contributed by atoms with van der Waals surface area (Å²) in [5.41, 5.74) is 3.71. The van der Waals surface area contributed by atoms with Crippen LogP contribution < -0.4 is 5.32 Å². The van der Waals surface area contributed by atoms with Gasteiger partial charge in [-0.2, -0.15) is 0 Å². The molecular weight excluding hydrogens is 278 g/mol. The third-order valence-electron chi connectivity index (χ3n) is 6.29. The zero-order valence-corrected chi connectivity index (χ0v) is 13.6. The number of hydrogen-bond donors (Lipinski definition) is 1. The predicted octanol–water partition coefficient (Wildman–Crippen LogP) is 4.71. The summed E-state index contributed by atoms with van der Waals surface area (Å²) < 4.78 is 0. The van der Waals surface area contributed by atoms with Gasteiger partial charge in [0.05, 0.1) is 0 Å². The highest BCUT2D eigenvalue weighted by Crippen LogP contribution is 2.62. The first-order valence-electron chi connectivity index (χ1n) is 8.77. The quantitative estimate of drug-likeness (QED) is 0.852. The maximum absolute atomic E-state index is 6.27. The Morgan fingerprint density at radius 2 is 2.05 bits per heavy atom. The largest absolute Gasteiger partial charge is 0.317 e. The normalized spacial score (nSPS) is 32.1. The van der Waals surface area contributed by atoms with E-state index in [1.54, 1.807) is 11.1 Å². The minimum atomic E-state index is 0.519. The van der Waals surface area contributed by atoms with Crippen LogP contribution in [-0.2, 0) is 11.8 Å². The molecule has 2 heteroatoms. The molecule has 2 aliphatic carbocycles. The second-order valence-electron chi connectivity index (χ2n) is 7.48. The molecule has 1 saturated heterocycles. The van der Waals surface area contributed by atoms with E-state index in [4.69, 9.17) is 11.6 Å². The minimum Gasteiger partial charge on any atom is -0.317 e. The summed E-state index contributed by atoms with van der Waals surface area (Å²) in [6.45, 7) is 2.47. The van der Waals surface area contributed by atoms with Gasteiger partial charge in [0, 0.05) is 5.02 Å². The van der Waals surface area contributed by atoms with Crippen LogP contribution in [0.1, 0.15) is 56.1 Å². The lowest BCUT2D eigenvalue weighted by Crippen LogP contribution is -2.27. The van der Waals surface area contributed by atoms with Crippen LogP contribution in [0, 0.1) is 11.8 Å². The van der Waals surface area contributed by atoms with Crippen molar-refractivity contribution in [3.05, 3.63) is 34.3 Å². The Balaban J connectivity index is 1.44. The summed E-state index contributed by atoms with van der Waals surface area (Å²) >= 11 is 6.27. The lowest BCUT2D eigenvalue weighted by molar-refractivity contribution is 0.333. The minimum absolute atomic E-state index is 0.519. The van der Waals surface area contributed by atoms with E-state index in [1.165, 1.54) is 64.5 Å². The number of halogens is 1. The molecule has 4 rings (SSSR count). The zero-order chi connectivity index (χ0) is 14.3. The van der Waals surface area contributed by atoms with Gasteiger partial charge >= 0.3 is 0 Å². The summed E-state index contributed by atoms with van der Waals surface area (Å²) in [5.74, 6) is 1.91. The summed E-state index contributed by atoms with van der Waals surface area (Å²) in [7, 11) is 0. The lowest BCUT2D eigenvalue weighted by Gasteiger charge is -2.28. The number of fused-ring (bicyclic) bond motifs is 2. The van der Waals surface area contributed by atoms with Crippen molar-refractivity contribution >= 4 is 11.6 Å². The number of benzene rings is 1. The monoisotopic (exact) mass is 303 g/mol. The van der Waals surface area contributed by atoms with Crippen molar-refractivity contribution in [3.63, 3.8) is 0 Å². The third kappa shape index (κ3) is 2.64. The fraction of sp³-hybridized carbons (Fsp3) is 0.684. The lowest BCUT2D eigenvalue weighted by atomic mass is 9.77. The Morgan fingerprint density at radius 3 is 2.90 bits per heavy atom. The van der Waals surface area contributed by atoms with Crippen LogP contribution in [0.3, 0.4) is 0 Å². The maximum Gasteiger partial charge on any atom is 0.0409 e. The fourth-order valence-corrected chi connectivity index (χ4v) is 5.13. The molecule has 1 N–H and O–H groups in total. The van der Waals surface area contributed by atoms with Gasteiger partial charge < -0.3 is 5.32 Å². The summed E-state index contributed by atoms with van der Waals surface area (Å²) in [6.07, 6.45) is 11.1. The van der Waals surface area contributed by atoms with Gasteiger partial charge in [-0.05, 0) is 98.5 Å². The summed E-state index contributed by atoms with van der Waals surface area (Å²) in [4.78, 5) is 0. The average Bonchev–Trinajstić information content (AvgIpc) is 3.21. The second kappa shape index (κ2) is 5.59. The van der Waals surface area contributed by atoms with Gasteiger partial charge in [0.1, 0.15) is 0 Å². The molecule has 3 aliphatic rings. The van der Waals surface area contributed by atoms with Crippen molar-refractivity contribution in [2.24, 2.45) is 11.8 Å². The van der Waals surface area contributed by atoms with E-state index in [-0.39, 0.29) is 0 Å². The molecule has 0 amide bonds. The Bertz CT molecular complexity index is 520. The first-order valence-corrected chi connectivity index (χ1v) is 9.15. The first-order chi connectivity index (χ1) is 10.3. The van der Waals surface area contributed by atoms with E-state index < -0.39 is 0 Å². The van der Waals surface area contributed by atoms with Crippen molar-refractivity contribution in [2.75, 3.05) is 13.1 Å². The Kier molecular flexibility index (Phi) is 3.75. The summed E-state index contributed by atoms with van der Waals surface area (Å²) in [6, 6.07) is 6.63. The van der Waals surface area contributed by atoms with Gasteiger partial charge in [0.25, 0.3) is 0 Å². The number of piperidine rings is 1. The first kappa shape index (κ1) is 14.1. The number of aryl methyl sites for hydroxylation is 1. The van der Waals surface area contributed by atoms with E-state index in [9.17, 15) is 0 Å². The Morgan fingerprint density at radius 1 is 1.19 bits per heavy atom. The van der Waals surface area contributed by atoms with Crippen LogP contribution in [0.25, 0.3) is 0 Å². The average molecular weight is 304 g/mol. The molecule has 2 fully saturated rings. The van der Waals surface area contributed by atoms with Gasteiger partial charge in [-0.15, -0.1) is 0 Å². The second-order valence-corrected chi connectivity index (χ2v) is 7.92. The Labute approximate surface area is 133 Å². The highest BCUT2D eigenvalue weighted by Gasteiger charge is 2.55. The smallest absolute Gasteiger partial charge is 0.0409 e. The van der Waals surface area contributed by atoms with Crippen LogP contribution in [0.2, 0.25) is 5.02 Å². The molecule has 0 bridgehead atoms. The molecule has 0 radical (unpaired) electrons. The molecule has 1 aromatic rings. The van der Waals surface area contributed by atoms with Crippen molar-refractivity contribution in [3.8, 4) is 0 Å². The van der Waals surface area contributed by atoms with Crippen molar-refractivity contribution in [1.29, 1.82) is 0 Å². The Hall–Kier alpha value is -0.530. The predicted molar refractivity (Wildman–Crippen MR) is 89.0 cm³/mol. The van der Waals surface area contributed by atoms with Gasteiger partial charge in [0.2, 0.25) is 0 Å². The molecule has 0 aromatic heterocycles. The van der Waals surface area contributed by atoms with Crippen molar-refractivity contribution in [2.45, 2.75) is 56.8 Å². The van der Waals surface area contributed by atoms with Gasteiger partial charge in [0.15, 0.2) is 0 Å². The molecule has 1 saturated carbocycles. The van der Waals surface area contributed by atoms with Crippen molar-refractivity contribution < 1.29 is 0 Å². The van der Waals surface area contributed by atoms with Crippen LogP contribution in [-0.4, -0.2) is 13.1 Å². The number of hydrogen-bond acceptors (Lipinski definition) is 1. The molecule has 2 unspecified atom stereocenters. The van der Waals surface area contributed by atoms with Gasteiger partial charge in [-0.3, -0.25) is 0 Å². The van der Waals surface area contributed by atoms with Gasteiger partial charge in [-0.25, -0.2) is 0 Å². The van der Waals surface area contributed by atoms with E-state index >= 15 is 0 Å². The molecule has 1 heterocycles. The highest BCUT2D eigenvalue weighted by molar-refractivity contribution is 6.30. The molecule has 1 nitrogen and oxygen atoms in total. The fourth-order valence-electron chi connectivity index (χ4n) is 4.96. The van der Waals surface area contributed by atoms with E-state index in [0.29, 0.717) is 5.41 Å². The topological polar surface area (TPSA) is 12.0 Å². The highest BCUT2D eigenvalue weighted by atomic mass is 35.5. The molecule has 1 spiro atoms. The zero-order valence-electron chi connectivity index (χ0n) is 12.8. The van der Waals surface area contributed by atoms with E-state index in [0.717, 1.165) is 16.9 Å². The van der Waals surface area contributed by atoms with E-state index in [1.807, 2.05) is 0 Å². The number of rotatable bonds is 3. The summed E-state index contributed by atoms with van der Waals surface area (Å²) in [5, 5.41) is 4.41. The van der Waals surface area contributed by atoms with Gasteiger partial charge in [-0.1, -0.05) is 24.1 Å². The standard InChI is InChI=1S/C19H26ClN/c20-17-6-4-15-2-1-9-19(18(15)12-17)13-16(19)5-3-14-7-10-21-11-8-14/h4,6,12,14,16,21H,1-3,5,7-11,13H2. The third-order valence-corrected chi connectivity index (χ3v) is 6.53. The van der Waals surface area contributed by atoms with Crippen LogP contribution in [0.4, 0.5) is 0 Å². The molecule has 21 heavy (non-hydrogen) atoms. The van der Waals surface area contributed by atoms with E-state index in [2.05, 4.69) is 23.5 Å². The molecule has 2 atom stereocenters. The van der Waals surface area contributed by atoms with Crippen LogP contribution in [0.5, 0.6) is 0 Å². The molecule has 1 aromatic carbocycles. The molecule has 114 valence electrons. The number of nitrogens with one attached hydrogen (secondary N) is 1. The van der Waals surface area contributed by atoms with Crippen LogP contribution >= 0.6 is 11.6 Å². The molecular formula is C19H26ClN.